The van der Waals surface area contributed by atoms with Crippen LogP contribution in [0, 0.1) is 23.7 Å². The number of pyridine rings is 2. The first-order chi connectivity index (χ1) is 12.9. The van der Waals surface area contributed by atoms with Crippen LogP contribution in [0.1, 0.15) is 22.3 Å². The van der Waals surface area contributed by atoms with Gasteiger partial charge in [0.05, 0.1) is 0 Å². The summed E-state index contributed by atoms with van der Waals surface area (Å²) in [7, 11) is 0. The van der Waals surface area contributed by atoms with Crippen LogP contribution in [0.3, 0.4) is 0 Å². The molecule has 0 aliphatic carbocycles. The molecule has 0 unspecified atom stereocenters. The van der Waals surface area contributed by atoms with E-state index in [0.29, 0.717) is 0 Å². The Labute approximate surface area is 152 Å². The Balaban J connectivity index is 1.61. The minimum atomic E-state index is 0.960. The maximum atomic E-state index is 4.00. The number of fused-ring (bicyclic) bond motifs is 1. The van der Waals surface area contributed by atoms with Crippen LogP contribution in [0.15, 0.2) is 85.5 Å². The first-order valence-electron chi connectivity index (χ1n) is 8.25. The van der Waals surface area contributed by atoms with Crippen molar-refractivity contribution in [2.24, 2.45) is 0 Å². The molecule has 26 heavy (non-hydrogen) atoms. The Bertz CT molecular complexity index is 1080. The van der Waals surface area contributed by atoms with E-state index in [0.717, 1.165) is 33.0 Å². The lowest BCUT2D eigenvalue weighted by atomic mass is 10.0. The topological polar surface area (TPSA) is 25.8 Å². The zero-order valence-corrected chi connectivity index (χ0v) is 14.0. The molecule has 0 fully saturated rings. The number of aromatic nitrogens is 2. The number of benzene rings is 2. The summed E-state index contributed by atoms with van der Waals surface area (Å²) in [5.41, 5.74) is 3.90. The Morgan fingerprint density at radius 2 is 0.808 bits per heavy atom. The molecule has 2 nitrogen and oxygen atoms in total. The molecule has 4 aromatic rings. The van der Waals surface area contributed by atoms with E-state index in [-0.39, 0.29) is 0 Å². The van der Waals surface area contributed by atoms with Crippen LogP contribution >= 0.6 is 0 Å². The smallest absolute Gasteiger partial charge is 0.0280 e. The predicted molar refractivity (Wildman–Crippen MR) is 104 cm³/mol. The lowest BCUT2D eigenvalue weighted by Gasteiger charge is -2.00. The van der Waals surface area contributed by atoms with Crippen molar-refractivity contribution in [3.63, 3.8) is 0 Å². The molecule has 120 valence electrons. The van der Waals surface area contributed by atoms with Crippen LogP contribution in [0.25, 0.3) is 10.8 Å². The average Bonchev–Trinajstić information content (AvgIpc) is 2.72. The van der Waals surface area contributed by atoms with Gasteiger partial charge in [-0.15, -0.1) is 0 Å². The highest BCUT2D eigenvalue weighted by molar-refractivity contribution is 5.85. The van der Waals surface area contributed by atoms with Crippen LogP contribution in [0.2, 0.25) is 0 Å². The summed E-state index contributed by atoms with van der Waals surface area (Å²) in [6, 6.07) is 20.1. The van der Waals surface area contributed by atoms with Crippen molar-refractivity contribution < 1.29 is 0 Å². The Morgan fingerprint density at radius 1 is 0.423 bits per heavy atom. The summed E-state index contributed by atoms with van der Waals surface area (Å²) in [4.78, 5) is 8.00. The minimum absolute atomic E-state index is 0.960. The van der Waals surface area contributed by atoms with Gasteiger partial charge in [-0.2, -0.15) is 0 Å². The van der Waals surface area contributed by atoms with E-state index in [4.69, 9.17) is 0 Å². The molecule has 0 N–H and O–H groups in total. The molecule has 2 heteroatoms. The van der Waals surface area contributed by atoms with Gasteiger partial charge in [0.25, 0.3) is 0 Å². The van der Waals surface area contributed by atoms with Crippen LogP contribution in [0.4, 0.5) is 0 Å². The molecule has 0 aliphatic heterocycles. The first-order valence-corrected chi connectivity index (χ1v) is 8.25. The van der Waals surface area contributed by atoms with Crippen LogP contribution in [-0.2, 0) is 0 Å². The highest BCUT2D eigenvalue weighted by Crippen LogP contribution is 2.17. The number of hydrogen-bond acceptors (Lipinski definition) is 2. The Kier molecular flexibility index (Phi) is 4.42. The maximum absolute atomic E-state index is 4.00. The van der Waals surface area contributed by atoms with Crippen molar-refractivity contribution in [3.05, 3.63) is 108 Å². The number of nitrogens with zero attached hydrogens (tertiary/aromatic N) is 2. The fourth-order valence-corrected chi connectivity index (χ4v) is 2.56. The molecule has 0 amide bonds. The van der Waals surface area contributed by atoms with Gasteiger partial charge in [-0.05, 0) is 59.3 Å². The van der Waals surface area contributed by atoms with Crippen molar-refractivity contribution in [2.75, 3.05) is 0 Å². The zero-order valence-electron chi connectivity index (χ0n) is 14.0. The van der Waals surface area contributed by atoms with Gasteiger partial charge in [0.1, 0.15) is 0 Å². The van der Waals surface area contributed by atoms with E-state index >= 15 is 0 Å². The van der Waals surface area contributed by atoms with Crippen molar-refractivity contribution in [3.8, 4) is 23.7 Å². The molecule has 2 aromatic heterocycles. The Morgan fingerprint density at radius 3 is 1.23 bits per heavy atom. The van der Waals surface area contributed by atoms with Gasteiger partial charge in [-0.3, -0.25) is 9.97 Å². The van der Waals surface area contributed by atoms with E-state index in [1.165, 1.54) is 0 Å². The van der Waals surface area contributed by atoms with E-state index in [1.54, 1.807) is 24.8 Å². The molecule has 0 atom stereocenters. The van der Waals surface area contributed by atoms with Crippen LogP contribution in [-0.4, -0.2) is 9.97 Å². The van der Waals surface area contributed by atoms with Gasteiger partial charge in [0.2, 0.25) is 0 Å². The van der Waals surface area contributed by atoms with E-state index in [1.807, 2.05) is 36.4 Å². The molecule has 0 saturated heterocycles. The van der Waals surface area contributed by atoms with Gasteiger partial charge in [-0.25, -0.2) is 0 Å². The minimum Gasteiger partial charge on any atom is -0.265 e. The SMILES string of the molecule is C(#Cc1ccc2cc(C#Cc3ccncc3)ccc2c1)c1ccncc1. The molecule has 0 bridgehead atoms. The van der Waals surface area contributed by atoms with Crippen molar-refractivity contribution in [2.45, 2.75) is 0 Å². The Hall–Kier alpha value is -3.88. The highest BCUT2D eigenvalue weighted by atomic mass is 14.6. The highest BCUT2D eigenvalue weighted by Gasteiger charge is 1.96. The summed E-state index contributed by atoms with van der Waals surface area (Å²) >= 11 is 0. The van der Waals surface area contributed by atoms with Gasteiger partial charge >= 0.3 is 0 Å². The molecular weight excluding hydrogens is 316 g/mol. The summed E-state index contributed by atoms with van der Waals surface area (Å²) < 4.78 is 0. The molecular formula is C24H14N2. The maximum Gasteiger partial charge on any atom is 0.0280 e. The van der Waals surface area contributed by atoms with Crippen LogP contribution < -0.4 is 0 Å². The second-order valence-electron chi connectivity index (χ2n) is 5.75. The fraction of sp³-hybridized carbons (Fsp3) is 0. The molecule has 2 aromatic carbocycles. The average molecular weight is 330 g/mol. The standard InChI is InChI=1S/C24H14N2/c1(19-9-13-25-14-10-19)3-21-5-7-24-18-22(6-8-23(24)17-21)4-2-20-11-15-26-16-12-20/h5-18H. The number of rotatable bonds is 0. The summed E-state index contributed by atoms with van der Waals surface area (Å²) in [5.74, 6) is 12.7. The summed E-state index contributed by atoms with van der Waals surface area (Å²) in [5, 5.41) is 2.31. The third-order valence-corrected chi connectivity index (χ3v) is 3.90. The molecule has 0 saturated carbocycles. The fourth-order valence-electron chi connectivity index (χ4n) is 2.56. The third kappa shape index (κ3) is 3.78. The number of hydrogen-bond donors (Lipinski definition) is 0. The molecule has 0 radical (unpaired) electrons. The van der Waals surface area contributed by atoms with E-state index in [9.17, 15) is 0 Å². The first kappa shape index (κ1) is 15.6. The lowest BCUT2D eigenvalue weighted by Crippen LogP contribution is -1.81. The molecule has 4 rings (SSSR count). The van der Waals surface area contributed by atoms with Crippen molar-refractivity contribution in [1.29, 1.82) is 0 Å². The van der Waals surface area contributed by atoms with E-state index in [2.05, 4.69) is 57.9 Å². The quantitative estimate of drug-likeness (QED) is 0.446. The van der Waals surface area contributed by atoms with Crippen molar-refractivity contribution in [1.82, 2.24) is 9.97 Å². The lowest BCUT2D eigenvalue weighted by molar-refractivity contribution is 1.32. The second kappa shape index (κ2) is 7.34. The predicted octanol–water partition coefficient (Wildman–Crippen LogP) is 4.43. The monoisotopic (exact) mass is 330 g/mol. The normalized spacial score (nSPS) is 9.69. The van der Waals surface area contributed by atoms with E-state index < -0.39 is 0 Å². The third-order valence-electron chi connectivity index (χ3n) is 3.90. The van der Waals surface area contributed by atoms with Gasteiger partial charge < -0.3 is 0 Å². The van der Waals surface area contributed by atoms with Gasteiger partial charge in [0, 0.05) is 47.0 Å². The summed E-state index contributed by atoms with van der Waals surface area (Å²) in [6.07, 6.45) is 7.00. The van der Waals surface area contributed by atoms with Gasteiger partial charge in [0.15, 0.2) is 0 Å². The molecule has 0 spiro atoms. The molecule has 0 aliphatic rings. The summed E-state index contributed by atoms with van der Waals surface area (Å²) in [6.45, 7) is 0. The largest absolute Gasteiger partial charge is 0.265 e. The zero-order chi connectivity index (χ0) is 17.6. The second-order valence-corrected chi connectivity index (χ2v) is 5.75. The van der Waals surface area contributed by atoms with Gasteiger partial charge in [-0.1, -0.05) is 35.8 Å². The van der Waals surface area contributed by atoms with Crippen molar-refractivity contribution >= 4 is 10.8 Å². The molecule has 2 heterocycles. The van der Waals surface area contributed by atoms with Crippen LogP contribution in [0.5, 0.6) is 0 Å².